The molecule has 0 spiro atoms. The second-order valence-electron chi connectivity index (χ2n) is 12.5. The standard InChI is InChI=1S/C37H40N2O6/c1-38-12-11-25-16-33(42-3)34-19-28(25)30(38)14-22-5-7-23(8-6-22)21-44-37-35(43-4)17-26-20-39(2)27(18-29(26)36(37)41)13-24-9-10-31(40)32(15-24)45-34/h5-10,15-17,19,27,30,40-41H,11-14,18,20-21H2,1-4H3/t27-,30-/m1/s1. The van der Waals surface area contributed by atoms with E-state index in [1.165, 1.54) is 16.7 Å². The highest BCUT2D eigenvalue weighted by Gasteiger charge is 2.31. The summed E-state index contributed by atoms with van der Waals surface area (Å²) < 4.78 is 24.2. The van der Waals surface area contributed by atoms with Crippen LogP contribution in [0, 0.1) is 0 Å². The Bertz CT molecular complexity index is 1740. The summed E-state index contributed by atoms with van der Waals surface area (Å²) in [5.41, 5.74) is 7.60. The molecule has 234 valence electrons. The first-order valence-electron chi connectivity index (χ1n) is 15.5. The van der Waals surface area contributed by atoms with Gasteiger partial charge in [0.1, 0.15) is 6.61 Å². The van der Waals surface area contributed by atoms with E-state index in [-0.39, 0.29) is 23.6 Å². The molecular formula is C37H40N2O6. The summed E-state index contributed by atoms with van der Waals surface area (Å²) in [6.07, 6.45) is 3.08. The zero-order valence-corrected chi connectivity index (χ0v) is 26.3. The Labute approximate surface area is 264 Å². The van der Waals surface area contributed by atoms with Crippen LogP contribution >= 0.6 is 0 Å². The van der Waals surface area contributed by atoms with Gasteiger partial charge in [-0.25, -0.2) is 0 Å². The Morgan fingerprint density at radius 1 is 0.756 bits per heavy atom. The van der Waals surface area contributed by atoms with Crippen molar-refractivity contribution >= 4 is 0 Å². The number of phenols is 2. The van der Waals surface area contributed by atoms with Crippen molar-refractivity contribution in [1.29, 1.82) is 0 Å². The molecule has 0 aromatic heterocycles. The van der Waals surface area contributed by atoms with Gasteiger partial charge in [-0.05, 0) is 103 Å². The van der Waals surface area contributed by atoms with Gasteiger partial charge in [-0.2, -0.15) is 0 Å². The first-order chi connectivity index (χ1) is 21.8. The number of nitrogens with zero attached hydrogens (tertiary/aromatic N) is 2. The van der Waals surface area contributed by atoms with Crippen molar-refractivity contribution in [2.24, 2.45) is 0 Å². The highest BCUT2D eigenvalue weighted by atomic mass is 16.5. The summed E-state index contributed by atoms with van der Waals surface area (Å²) in [5.74, 6) is 2.73. The first kappa shape index (κ1) is 29.3. The number of rotatable bonds is 2. The molecule has 0 aliphatic carbocycles. The molecule has 4 aliphatic heterocycles. The predicted molar refractivity (Wildman–Crippen MR) is 172 cm³/mol. The fraction of sp³-hybridized carbons (Fsp3) is 0.351. The second-order valence-corrected chi connectivity index (χ2v) is 12.5. The summed E-state index contributed by atoms with van der Waals surface area (Å²) in [4.78, 5) is 4.67. The molecular weight excluding hydrogens is 568 g/mol. The SMILES string of the molecule is COc1cc2c3cc1Oc1cc(ccc1O)C[C@@H]1Cc4c(cc(OC)c(c4O)OCc4ccc(cc4)C[C@H]3N(C)CC2)CN1C. The van der Waals surface area contributed by atoms with Gasteiger partial charge in [-0.3, -0.25) is 9.80 Å². The van der Waals surface area contributed by atoms with E-state index in [1.54, 1.807) is 20.3 Å². The van der Waals surface area contributed by atoms with Gasteiger partial charge in [-0.1, -0.05) is 30.3 Å². The van der Waals surface area contributed by atoms with Crippen molar-refractivity contribution in [2.45, 2.75) is 50.9 Å². The van der Waals surface area contributed by atoms with Crippen LogP contribution in [0.4, 0.5) is 0 Å². The van der Waals surface area contributed by atoms with Gasteiger partial charge in [0, 0.05) is 30.7 Å². The van der Waals surface area contributed by atoms with Crippen LogP contribution in [0.5, 0.6) is 40.2 Å². The van der Waals surface area contributed by atoms with E-state index < -0.39 is 0 Å². The smallest absolute Gasteiger partial charge is 0.203 e. The van der Waals surface area contributed by atoms with Crippen LogP contribution < -0.4 is 18.9 Å². The minimum atomic E-state index is 0.0690. The van der Waals surface area contributed by atoms with E-state index in [0.717, 1.165) is 41.6 Å². The van der Waals surface area contributed by atoms with Crippen LogP contribution in [0.15, 0.2) is 60.7 Å². The maximum absolute atomic E-state index is 11.5. The van der Waals surface area contributed by atoms with E-state index in [2.05, 4.69) is 60.3 Å². The number of fused-ring (bicyclic) bond motifs is 3. The van der Waals surface area contributed by atoms with Crippen molar-refractivity contribution in [3.05, 3.63) is 99.6 Å². The Hall–Kier alpha value is -4.40. The Morgan fingerprint density at radius 3 is 2.27 bits per heavy atom. The molecule has 8 nitrogen and oxygen atoms in total. The first-order valence-corrected chi connectivity index (χ1v) is 15.5. The van der Waals surface area contributed by atoms with Crippen LogP contribution in [0.2, 0.25) is 0 Å². The number of aromatic hydroxyl groups is 2. The molecule has 4 aliphatic rings. The fourth-order valence-electron chi connectivity index (χ4n) is 7.04. The highest BCUT2D eigenvalue weighted by molar-refractivity contribution is 5.59. The van der Waals surface area contributed by atoms with Gasteiger partial charge < -0.3 is 29.2 Å². The van der Waals surface area contributed by atoms with Crippen molar-refractivity contribution in [2.75, 3.05) is 34.9 Å². The molecule has 45 heavy (non-hydrogen) atoms. The number of hydrogen-bond acceptors (Lipinski definition) is 8. The molecule has 4 aromatic carbocycles. The molecule has 2 atom stereocenters. The molecule has 0 saturated carbocycles. The normalized spacial score (nSPS) is 19.7. The summed E-state index contributed by atoms with van der Waals surface area (Å²) in [6.45, 7) is 1.92. The summed E-state index contributed by atoms with van der Waals surface area (Å²) in [6, 6.07) is 20.4. The van der Waals surface area contributed by atoms with Crippen LogP contribution in [-0.2, 0) is 38.8 Å². The molecule has 4 heterocycles. The Kier molecular flexibility index (Phi) is 7.71. The lowest BCUT2D eigenvalue weighted by atomic mass is 9.88. The average Bonchev–Trinajstić information content (AvgIpc) is 3.04. The van der Waals surface area contributed by atoms with Crippen molar-refractivity contribution in [3.8, 4) is 40.2 Å². The van der Waals surface area contributed by atoms with Gasteiger partial charge in [0.25, 0.3) is 0 Å². The predicted octanol–water partition coefficient (Wildman–Crippen LogP) is 6.17. The lowest BCUT2D eigenvalue weighted by Crippen LogP contribution is -2.39. The summed E-state index contributed by atoms with van der Waals surface area (Å²) in [7, 11) is 7.52. The van der Waals surface area contributed by atoms with Gasteiger partial charge in [-0.15, -0.1) is 0 Å². The lowest BCUT2D eigenvalue weighted by Gasteiger charge is -2.35. The van der Waals surface area contributed by atoms with E-state index >= 15 is 0 Å². The van der Waals surface area contributed by atoms with Crippen LogP contribution in [0.25, 0.3) is 0 Å². The third kappa shape index (κ3) is 5.53. The number of benzene rings is 4. The van der Waals surface area contributed by atoms with Crippen LogP contribution in [-0.4, -0.2) is 60.9 Å². The molecule has 4 aromatic rings. The molecule has 8 rings (SSSR count). The van der Waals surface area contributed by atoms with Gasteiger partial charge in [0.05, 0.1) is 14.2 Å². The lowest BCUT2D eigenvalue weighted by molar-refractivity contribution is 0.207. The quantitative estimate of drug-likeness (QED) is 0.280. The van der Waals surface area contributed by atoms with Crippen molar-refractivity contribution in [1.82, 2.24) is 9.80 Å². The van der Waals surface area contributed by atoms with Gasteiger partial charge in [0.2, 0.25) is 5.75 Å². The van der Waals surface area contributed by atoms with Gasteiger partial charge in [0.15, 0.2) is 34.5 Å². The fourth-order valence-corrected chi connectivity index (χ4v) is 7.04. The van der Waals surface area contributed by atoms with Crippen molar-refractivity contribution in [3.63, 3.8) is 0 Å². The molecule has 0 saturated heterocycles. The van der Waals surface area contributed by atoms with Crippen LogP contribution in [0.1, 0.15) is 45.0 Å². The minimum Gasteiger partial charge on any atom is -0.504 e. The van der Waals surface area contributed by atoms with E-state index in [1.807, 2.05) is 18.2 Å². The molecule has 0 fully saturated rings. The molecule has 0 amide bonds. The zero-order chi connectivity index (χ0) is 31.2. The molecule has 0 unspecified atom stereocenters. The molecule has 8 heteroatoms. The Balaban J connectivity index is 1.34. The summed E-state index contributed by atoms with van der Waals surface area (Å²) >= 11 is 0. The van der Waals surface area contributed by atoms with Gasteiger partial charge >= 0.3 is 0 Å². The maximum Gasteiger partial charge on any atom is 0.203 e. The van der Waals surface area contributed by atoms with E-state index in [4.69, 9.17) is 18.9 Å². The van der Waals surface area contributed by atoms with Crippen molar-refractivity contribution < 1.29 is 29.2 Å². The van der Waals surface area contributed by atoms with E-state index in [9.17, 15) is 10.2 Å². The third-order valence-corrected chi connectivity index (χ3v) is 9.72. The number of phenolic OH excluding ortho intramolecular Hbond substituents is 2. The monoisotopic (exact) mass is 608 g/mol. The highest BCUT2D eigenvalue weighted by Crippen LogP contribution is 2.46. The topological polar surface area (TPSA) is 83.9 Å². The largest absolute Gasteiger partial charge is 0.504 e. The molecule has 0 radical (unpaired) electrons. The van der Waals surface area contributed by atoms with E-state index in [0.29, 0.717) is 54.7 Å². The van der Waals surface area contributed by atoms with Crippen LogP contribution in [0.3, 0.4) is 0 Å². The average molecular weight is 609 g/mol. The third-order valence-electron chi connectivity index (χ3n) is 9.72. The summed E-state index contributed by atoms with van der Waals surface area (Å²) in [5, 5.41) is 22.4. The number of ether oxygens (including phenoxy) is 4. The minimum absolute atomic E-state index is 0.0690. The number of likely N-dealkylation sites (N-methyl/N-ethyl adjacent to an activating group) is 2. The maximum atomic E-state index is 11.5. The molecule has 2 N–H and O–H groups in total. The molecule has 9 bridgehead atoms. The number of methoxy groups -OCH3 is 2. The number of hydrogen-bond donors (Lipinski definition) is 2. The Morgan fingerprint density at radius 2 is 1.49 bits per heavy atom. The zero-order valence-electron chi connectivity index (χ0n) is 26.3. The second kappa shape index (κ2) is 11.8.